The van der Waals surface area contributed by atoms with Crippen molar-refractivity contribution in [2.75, 3.05) is 42.5 Å². The predicted molar refractivity (Wildman–Crippen MR) is 185 cm³/mol. The maximum atomic E-state index is 14.2. The van der Waals surface area contributed by atoms with Crippen LogP contribution in [0, 0.1) is 18.8 Å². The number of hydrogen-bond acceptors (Lipinski definition) is 9. The van der Waals surface area contributed by atoms with Crippen molar-refractivity contribution in [3.05, 3.63) is 71.9 Å². The number of nitrogens with one attached hydrogen (secondary N) is 2. The van der Waals surface area contributed by atoms with E-state index in [9.17, 15) is 9.59 Å². The van der Waals surface area contributed by atoms with E-state index in [1.165, 1.54) is 0 Å². The van der Waals surface area contributed by atoms with Gasteiger partial charge >= 0.3 is 0 Å². The van der Waals surface area contributed by atoms with Crippen LogP contribution in [0.1, 0.15) is 36.8 Å². The molecular weight excluding hydrogens is 616 g/mol. The summed E-state index contributed by atoms with van der Waals surface area (Å²) in [6.07, 6.45) is 5.48. The first-order chi connectivity index (χ1) is 22.4. The molecule has 0 spiro atoms. The van der Waals surface area contributed by atoms with Crippen molar-refractivity contribution in [2.45, 2.75) is 45.1 Å². The van der Waals surface area contributed by atoms with Crippen molar-refractivity contribution in [2.24, 2.45) is 23.3 Å². The number of H-pyrrole nitrogens is 1. The Hall–Kier alpha value is -4.39. The van der Waals surface area contributed by atoms with Crippen LogP contribution in [-0.2, 0) is 16.0 Å². The summed E-state index contributed by atoms with van der Waals surface area (Å²) in [5, 5.41) is 17.6. The van der Waals surface area contributed by atoms with Crippen molar-refractivity contribution < 1.29 is 9.59 Å². The molecule has 248 valence electrons. The number of anilines is 2. The van der Waals surface area contributed by atoms with Crippen LogP contribution in [0.25, 0.3) is 22.5 Å². The maximum Gasteiger partial charge on any atom is 0.240 e. The summed E-state index contributed by atoms with van der Waals surface area (Å²) in [7, 11) is 0. The third-order valence-corrected chi connectivity index (χ3v) is 9.39. The van der Waals surface area contributed by atoms with Crippen LogP contribution in [0.4, 0.5) is 11.5 Å². The highest BCUT2D eigenvalue weighted by atomic mass is 35.5. The molecule has 0 radical (unpaired) electrons. The van der Waals surface area contributed by atoms with Crippen LogP contribution in [0.15, 0.2) is 60.8 Å². The van der Waals surface area contributed by atoms with E-state index in [1.54, 1.807) is 4.90 Å². The molecule has 0 bridgehead atoms. The SMILES string of the molecule is Cc1cc(N2CCNCC2)ncc1-c1ccc(C[C@@H](C(N)=O)N(C(=O)C2CCC(CN)CC2)c2ccc(-c3nn[nH]n3)cc2)cc1.Cl. The number of halogens is 1. The van der Waals surface area contributed by atoms with Gasteiger partial charge in [0.1, 0.15) is 11.9 Å². The zero-order chi connectivity index (χ0) is 32.0. The molecule has 47 heavy (non-hydrogen) atoms. The Kier molecular flexibility index (Phi) is 11.2. The first-order valence-electron chi connectivity index (χ1n) is 16.1. The molecule has 1 saturated carbocycles. The van der Waals surface area contributed by atoms with Crippen LogP contribution in [0.5, 0.6) is 0 Å². The van der Waals surface area contributed by atoms with Gasteiger partial charge in [0.05, 0.1) is 0 Å². The number of pyridine rings is 1. The molecule has 0 unspecified atom stereocenters. The topological polar surface area (TPSA) is 172 Å². The number of hydrogen-bond donors (Lipinski definition) is 4. The van der Waals surface area contributed by atoms with Gasteiger partial charge in [0.2, 0.25) is 17.6 Å². The molecule has 1 atom stereocenters. The Morgan fingerprint density at radius 1 is 1.00 bits per heavy atom. The van der Waals surface area contributed by atoms with Gasteiger partial charge in [0, 0.05) is 61.5 Å². The van der Waals surface area contributed by atoms with Crippen molar-refractivity contribution in [1.29, 1.82) is 0 Å². The molecule has 2 amide bonds. The number of nitrogens with zero attached hydrogens (tertiary/aromatic N) is 6. The van der Waals surface area contributed by atoms with E-state index in [4.69, 9.17) is 16.5 Å². The largest absolute Gasteiger partial charge is 0.368 e. The van der Waals surface area contributed by atoms with Gasteiger partial charge in [-0.25, -0.2) is 4.98 Å². The zero-order valence-corrected chi connectivity index (χ0v) is 27.5. The number of amides is 2. The molecule has 4 aromatic rings. The van der Waals surface area contributed by atoms with E-state index in [2.05, 4.69) is 43.8 Å². The molecule has 2 aromatic carbocycles. The third-order valence-electron chi connectivity index (χ3n) is 9.39. The first-order valence-corrected chi connectivity index (χ1v) is 16.1. The fourth-order valence-electron chi connectivity index (χ4n) is 6.63. The standard InChI is InChI=1S/C34H42N10O2.ClH/c1-22-18-31(43-16-14-37-15-17-43)38-21-29(22)25-6-2-23(3-7-25)19-30(32(36)45)44(34(46)27-8-4-24(20-35)5-9-27)28-12-10-26(11-13-28)33-39-41-42-40-33;/h2-3,6-7,10-13,18,21,24,27,30,37H,4-5,8-9,14-17,19-20,35H2,1H3,(H2,36,45)(H,39,40,41,42);1H/t24?,27?,30-;/m0./s1. The molecule has 12 nitrogen and oxygen atoms in total. The summed E-state index contributed by atoms with van der Waals surface area (Å²) >= 11 is 0. The molecule has 2 aliphatic rings. The molecule has 2 fully saturated rings. The number of piperazine rings is 1. The molecular formula is C34H43ClN10O2. The van der Waals surface area contributed by atoms with Crippen LogP contribution >= 0.6 is 12.4 Å². The van der Waals surface area contributed by atoms with Crippen LogP contribution in [0.2, 0.25) is 0 Å². The van der Waals surface area contributed by atoms with Gasteiger partial charge < -0.3 is 21.7 Å². The highest BCUT2D eigenvalue weighted by molar-refractivity contribution is 6.01. The van der Waals surface area contributed by atoms with Crippen molar-refractivity contribution in [3.8, 4) is 22.5 Å². The minimum absolute atomic E-state index is 0. The second-order valence-electron chi connectivity index (χ2n) is 12.4. The lowest BCUT2D eigenvalue weighted by Gasteiger charge is -2.35. The van der Waals surface area contributed by atoms with Crippen molar-refractivity contribution >= 4 is 35.7 Å². The number of primary amides is 1. The fourth-order valence-corrected chi connectivity index (χ4v) is 6.63. The number of nitrogens with two attached hydrogens (primary N) is 2. The molecule has 6 rings (SSSR count). The summed E-state index contributed by atoms with van der Waals surface area (Å²) in [4.78, 5) is 36.0. The van der Waals surface area contributed by atoms with Crippen LogP contribution in [-0.4, -0.2) is 76.2 Å². The Balaban J connectivity index is 0.00000433. The normalized spacial score (nSPS) is 18.6. The van der Waals surface area contributed by atoms with Gasteiger partial charge in [-0.2, -0.15) is 5.21 Å². The molecule has 6 N–H and O–H groups in total. The van der Waals surface area contributed by atoms with E-state index in [-0.39, 0.29) is 30.7 Å². The highest BCUT2D eigenvalue weighted by Gasteiger charge is 2.36. The summed E-state index contributed by atoms with van der Waals surface area (Å²) in [5.41, 5.74) is 17.5. The van der Waals surface area contributed by atoms with Gasteiger partial charge in [0.25, 0.3) is 0 Å². The summed E-state index contributed by atoms with van der Waals surface area (Å²) in [6, 6.07) is 16.6. The smallest absolute Gasteiger partial charge is 0.240 e. The summed E-state index contributed by atoms with van der Waals surface area (Å²) < 4.78 is 0. The maximum absolute atomic E-state index is 14.2. The van der Waals surface area contributed by atoms with Gasteiger partial charge in [-0.1, -0.05) is 24.3 Å². The number of tetrazole rings is 1. The average Bonchev–Trinajstić information content (AvgIpc) is 3.64. The Morgan fingerprint density at radius 3 is 2.28 bits per heavy atom. The number of rotatable bonds is 10. The van der Waals surface area contributed by atoms with Crippen molar-refractivity contribution in [3.63, 3.8) is 0 Å². The van der Waals surface area contributed by atoms with Crippen molar-refractivity contribution in [1.82, 2.24) is 30.9 Å². The van der Waals surface area contributed by atoms with Gasteiger partial charge in [0.15, 0.2) is 0 Å². The third kappa shape index (κ3) is 7.78. The van der Waals surface area contributed by atoms with Gasteiger partial charge in [-0.3, -0.25) is 14.5 Å². The molecule has 1 saturated heterocycles. The van der Waals surface area contributed by atoms with Crippen LogP contribution in [0.3, 0.4) is 0 Å². The Labute approximate surface area is 281 Å². The number of carbonyl (C=O) groups is 2. The van der Waals surface area contributed by atoms with E-state index in [0.717, 1.165) is 85.5 Å². The fraction of sp³-hybridized carbons (Fsp3) is 0.412. The lowest BCUT2D eigenvalue weighted by atomic mass is 9.81. The highest BCUT2D eigenvalue weighted by Crippen LogP contribution is 2.33. The molecule has 1 aliphatic heterocycles. The Bertz CT molecular complexity index is 1620. The predicted octanol–water partition coefficient (Wildman–Crippen LogP) is 3.26. The number of carbonyl (C=O) groups excluding carboxylic acids is 2. The number of aromatic nitrogens is 5. The van der Waals surface area contributed by atoms with E-state index >= 15 is 0 Å². The quantitative estimate of drug-likeness (QED) is 0.200. The van der Waals surface area contributed by atoms with Gasteiger partial charge in [-0.05, 0) is 97.3 Å². The molecule has 13 heteroatoms. The zero-order valence-electron chi connectivity index (χ0n) is 26.6. The second-order valence-corrected chi connectivity index (χ2v) is 12.4. The lowest BCUT2D eigenvalue weighted by molar-refractivity contribution is -0.127. The molecule has 2 aromatic heterocycles. The molecule has 3 heterocycles. The average molecular weight is 659 g/mol. The summed E-state index contributed by atoms with van der Waals surface area (Å²) in [5.74, 6) is 1.02. The minimum Gasteiger partial charge on any atom is -0.368 e. The lowest BCUT2D eigenvalue weighted by Crippen LogP contribution is -2.52. The van der Waals surface area contributed by atoms with E-state index in [1.807, 2.05) is 54.7 Å². The van der Waals surface area contributed by atoms with Gasteiger partial charge in [-0.15, -0.1) is 22.6 Å². The minimum atomic E-state index is -0.872. The monoisotopic (exact) mass is 658 g/mol. The van der Waals surface area contributed by atoms with Crippen LogP contribution < -0.4 is 26.6 Å². The number of aromatic amines is 1. The number of aryl methyl sites for hydroxylation is 1. The van der Waals surface area contributed by atoms with E-state index in [0.29, 0.717) is 24.0 Å². The molecule has 1 aliphatic carbocycles. The summed E-state index contributed by atoms with van der Waals surface area (Å²) in [6.45, 7) is 6.53. The number of benzene rings is 2. The first kappa shape index (κ1) is 34.0. The Morgan fingerprint density at radius 2 is 1.68 bits per heavy atom. The van der Waals surface area contributed by atoms with E-state index < -0.39 is 11.9 Å². The second kappa shape index (κ2) is 15.5.